The van der Waals surface area contributed by atoms with Crippen LogP contribution in [0.2, 0.25) is 5.02 Å². The maximum atomic E-state index is 13.8. The van der Waals surface area contributed by atoms with Gasteiger partial charge < -0.3 is 11.1 Å². The minimum atomic E-state index is -0.402. The third-order valence-corrected chi connectivity index (χ3v) is 6.94. The van der Waals surface area contributed by atoms with Gasteiger partial charge in [-0.05, 0) is 51.3 Å². The van der Waals surface area contributed by atoms with E-state index in [2.05, 4.69) is 27.1 Å². The van der Waals surface area contributed by atoms with E-state index in [9.17, 15) is 4.79 Å². The minimum Gasteiger partial charge on any atom is -0.382 e. The van der Waals surface area contributed by atoms with Crippen LogP contribution >= 0.6 is 11.6 Å². The summed E-state index contributed by atoms with van der Waals surface area (Å²) in [6.45, 7) is 9.88. The number of aromatic nitrogens is 4. The van der Waals surface area contributed by atoms with Crippen LogP contribution in [0.3, 0.4) is 0 Å². The first-order valence-corrected chi connectivity index (χ1v) is 14.2. The SMILES string of the molecule is C/C=C\C=C(/CC)n1c(C(C)Nc2ncnc(N)c2C#CC2CCCCC2)nc2cccc(Cl)c2c1=O.CC. The molecule has 8 heteroatoms. The molecule has 2 aromatic heterocycles. The fourth-order valence-electron chi connectivity index (χ4n) is 4.66. The Morgan fingerprint density at radius 2 is 2.00 bits per heavy atom. The van der Waals surface area contributed by atoms with Crippen LogP contribution in [0.15, 0.2) is 47.5 Å². The van der Waals surface area contributed by atoms with Gasteiger partial charge in [0.05, 0.1) is 22.0 Å². The zero-order chi connectivity index (χ0) is 28.4. The number of nitrogens with one attached hydrogen (secondary N) is 1. The van der Waals surface area contributed by atoms with Gasteiger partial charge in [-0.15, -0.1) is 0 Å². The van der Waals surface area contributed by atoms with Gasteiger partial charge in [-0.1, -0.05) is 81.7 Å². The fourth-order valence-corrected chi connectivity index (χ4v) is 4.91. The van der Waals surface area contributed by atoms with E-state index in [-0.39, 0.29) is 5.56 Å². The highest BCUT2D eigenvalue weighted by molar-refractivity contribution is 6.35. The number of fused-ring (bicyclic) bond motifs is 1. The molecular weight excluding hydrogens is 508 g/mol. The molecular formula is C31H39ClN6O. The Balaban J connectivity index is 0.00000205. The van der Waals surface area contributed by atoms with Crippen LogP contribution in [-0.2, 0) is 0 Å². The molecule has 0 bridgehead atoms. The first kappa shape index (κ1) is 29.9. The summed E-state index contributed by atoms with van der Waals surface area (Å²) in [6.07, 6.45) is 13.7. The molecule has 3 N–H and O–H groups in total. The minimum absolute atomic E-state index is 0.212. The second-order valence-corrected chi connectivity index (χ2v) is 9.64. The molecule has 2 heterocycles. The van der Waals surface area contributed by atoms with Crippen LogP contribution in [0.4, 0.5) is 11.6 Å². The lowest BCUT2D eigenvalue weighted by atomic mass is 9.90. The number of rotatable bonds is 6. The van der Waals surface area contributed by atoms with Gasteiger partial charge >= 0.3 is 0 Å². The Bertz CT molecular complexity index is 1460. The van der Waals surface area contributed by atoms with E-state index < -0.39 is 6.04 Å². The zero-order valence-corrected chi connectivity index (χ0v) is 24.3. The third kappa shape index (κ3) is 7.07. The lowest BCUT2D eigenvalue weighted by Gasteiger charge is -2.22. The van der Waals surface area contributed by atoms with Gasteiger partial charge in [0.1, 0.15) is 29.4 Å². The summed E-state index contributed by atoms with van der Waals surface area (Å²) in [5.74, 6) is 8.37. The fraction of sp³-hybridized carbons (Fsp3) is 0.419. The molecule has 1 saturated carbocycles. The smallest absolute Gasteiger partial charge is 0.267 e. The average Bonchev–Trinajstić information content (AvgIpc) is 2.95. The molecule has 206 valence electrons. The summed E-state index contributed by atoms with van der Waals surface area (Å²) in [4.78, 5) is 27.3. The molecule has 7 nitrogen and oxygen atoms in total. The molecule has 0 radical (unpaired) electrons. The van der Waals surface area contributed by atoms with Gasteiger partial charge in [0.2, 0.25) is 0 Å². The molecule has 1 aliphatic carbocycles. The Morgan fingerprint density at radius 1 is 1.26 bits per heavy atom. The lowest BCUT2D eigenvalue weighted by Crippen LogP contribution is -2.28. The van der Waals surface area contributed by atoms with E-state index in [0.717, 1.165) is 18.5 Å². The van der Waals surface area contributed by atoms with Crippen molar-refractivity contribution in [3.05, 3.63) is 69.5 Å². The predicted octanol–water partition coefficient (Wildman–Crippen LogP) is 7.38. The van der Waals surface area contributed by atoms with E-state index in [1.54, 1.807) is 22.8 Å². The highest BCUT2D eigenvalue weighted by atomic mass is 35.5. The standard InChI is InChI=1S/C29H33ClN6O.C2H6/c1-4-6-13-21(5-2)36-28(35-24-15-10-14-23(30)25(24)29(36)37)19(3)34-27-22(26(31)32-18-33-27)17-16-20-11-8-7-9-12-20;1-2/h4,6,10,13-15,18-20H,5,7-9,11-12H2,1-3H3,(H3,31,32,33,34);1-2H3/b6-4-,21-13+;. The van der Waals surface area contributed by atoms with Crippen molar-refractivity contribution >= 4 is 39.8 Å². The van der Waals surface area contributed by atoms with Crippen molar-refractivity contribution < 1.29 is 0 Å². The van der Waals surface area contributed by atoms with Gasteiger partial charge in [-0.3, -0.25) is 9.36 Å². The highest BCUT2D eigenvalue weighted by Crippen LogP contribution is 2.27. The maximum absolute atomic E-state index is 13.8. The van der Waals surface area contributed by atoms with E-state index in [1.165, 1.54) is 25.6 Å². The number of hydrogen-bond acceptors (Lipinski definition) is 6. The molecule has 0 aliphatic heterocycles. The summed E-state index contributed by atoms with van der Waals surface area (Å²) in [5, 5.41) is 4.17. The van der Waals surface area contributed by atoms with Crippen molar-refractivity contribution in [1.82, 2.24) is 19.5 Å². The van der Waals surface area contributed by atoms with Crippen LogP contribution in [0.5, 0.6) is 0 Å². The Kier molecular flexibility index (Phi) is 11.1. The second-order valence-electron chi connectivity index (χ2n) is 9.23. The third-order valence-electron chi connectivity index (χ3n) is 6.63. The van der Waals surface area contributed by atoms with Gasteiger partial charge in [0, 0.05) is 11.6 Å². The van der Waals surface area contributed by atoms with Gasteiger partial charge in [0.25, 0.3) is 5.56 Å². The van der Waals surface area contributed by atoms with Gasteiger partial charge in [-0.2, -0.15) is 0 Å². The highest BCUT2D eigenvalue weighted by Gasteiger charge is 2.21. The topological polar surface area (TPSA) is 98.7 Å². The summed E-state index contributed by atoms with van der Waals surface area (Å²) < 4.78 is 1.64. The van der Waals surface area contributed by atoms with Crippen molar-refractivity contribution in [3.63, 3.8) is 0 Å². The number of hydrogen-bond donors (Lipinski definition) is 2. The first-order chi connectivity index (χ1) is 18.9. The van der Waals surface area contributed by atoms with Crippen molar-refractivity contribution in [3.8, 4) is 11.8 Å². The average molecular weight is 547 g/mol. The molecule has 1 aromatic carbocycles. The molecule has 1 atom stereocenters. The summed E-state index contributed by atoms with van der Waals surface area (Å²) >= 11 is 6.44. The van der Waals surface area contributed by atoms with Crippen molar-refractivity contribution in [2.24, 2.45) is 5.92 Å². The van der Waals surface area contributed by atoms with Crippen molar-refractivity contribution in [2.45, 2.75) is 79.2 Å². The van der Waals surface area contributed by atoms with Crippen LogP contribution < -0.4 is 16.6 Å². The Morgan fingerprint density at radius 3 is 2.69 bits per heavy atom. The van der Waals surface area contributed by atoms with E-state index in [1.807, 2.05) is 52.8 Å². The van der Waals surface area contributed by atoms with Gasteiger partial charge in [0.15, 0.2) is 0 Å². The molecule has 3 aromatic rings. The molecule has 0 spiro atoms. The van der Waals surface area contributed by atoms with E-state index in [4.69, 9.17) is 22.3 Å². The molecule has 4 rings (SSSR count). The zero-order valence-electron chi connectivity index (χ0n) is 23.6. The molecule has 0 saturated heterocycles. The van der Waals surface area contributed by atoms with Crippen LogP contribution in [0.25, 0.3) is 16.6 Å². The number of benzene rings is 1. The van der Waals surface area contributed by atoms with E-state index >= 15 is 0 Å². The van der Waals surface area contributed by atoms with Crippen molar-refractivity contribution in [2.75, 3.05) is 11.1 Å². The predicted molar refractivity (Wildman–Crippen MR) is 164 cm³/mol. The number of anilines is 2. The van der Waals surface area contributed by atoms with Crippen LogP contribution in [0, 0.1) is 17.8 Å². The summed E-state index contributed by atoms with van der Waals surface area (Å²) in [5.41, 5.74) is 7.93. The monoisotopic (exact) mass is 546 g/mol. The van der Waals surface area contributed by atoms with Crippen molar-refractivity contribution in [1.29, 1.82) is 0 Å². The largest absolute Gasteiger partial charge is 0.382 e. The Hall–Kier alpha value is -3.63. The molecule has 39 heavy (non-hydrogen) atoms. The quantitative estimate of drug-likeness (QED) is 0.247. The number of allylic oxidation sites excluding steroid dienone is 4. The Labute approximate surface area is 236 Å². The number of nitrogens with two attached hydrogens (primary N) is 1. The number of nitrogens with zero attached hydrogens (tertiary/aromatic N) is 4. The normalized spacial score (nSPS) is 14.9. The second kappa shape index (κ2) is 14.5. The lowest BCUT2D eigenvalue weighted by molar-refractivity contribution is 0.430. The molecule has 1 aliphatic rings. The molecule has 0 amide bonds. The van der Waals surface area contributed by atoms with E-state index in [0.29, 0.717) is 51.3 Å². The van der Waals surface area contributed by atoms with Crippen LogP contribution in [0.1, 0.15) is 90.6 Å². The van der Waals surface area contributed by atoms with Crippen LogP contribution in [-0.4, -0.2) is 19.5 Å². The summed E-state index contributed by atoms with van der Waals surface area (Å²) in [6, 6.07) is 4.90. The number of nitrogen functional groups attached to an aromatic ring is 1. The summed E-state index contributed by atoms with van der Waals surface area (Å²) in [7, 11) is 0. The molecule has 1 unspecified atom stereocenters. The maximum Gasteiger partial charge on any atom is 0.267 e. The van der Waals surface area contributed by atoms with Gasteiger partial charge in [-0.25, -0.2) is 15.0 Å². The first-order valence-electron chi connectivity index (χ1n) is 13.9. The number of halogens is 1. The molecule has 1 fully saturated rings.